The molecule has 0 fully saturated rings. The van der Waals surface area contributed by atoms with Crippen LogP contribution in [0.3, 0.4) is 0 Å². The number of nitrogens with zero attached hydrogens (tertiary/aromatic N) is 1. The Hall–Kier alpha value is -1.03. The van der Waals surface area contributed by atoms with Crippen LogP contribution < -0.4 is 0 Å². The first-order chi connectivity index (χ1) is 4.30. The second-order valence-electron chi connectivity index (χ2n) is 1.59. The fourth-order valence-electron chi connectivity index (χ4n) is 0.550. The zero-order valence-electron chi connectivity index (χ0n) is 5.15. The lowest BCUT2D eigenvalue weighted by atomic mass is 10.3. The van der Waals surface area contributed by atoms with E-state index in [0.29, 0.717) is 0 Å². The van der Waals surface area contributed by atoms with Crippen molar-refractivity contribution in [3.8, 4) is 0 Å². The van der Waals surface area contributed by atoms with E-state index in [1.54, 1.807) is 18.2 Å². The molecule has 0 aromatic heterocycles. The largest absolute Gasteiger partial charge is 0.269 e. The van der Waals surface area contributed by atoms with Crippen molar-refractivity contribution in [2.75, 3.05) is 0 Å². The standard InChI is InChI=1S/C6H5NO2.CH4.H2S/c8-7(9)6-4-2-1-3-5-6;;/h1-5H;1H4;1H2. The smallest absolute Gasteiger partial charge is 0.258 e. The van der Waals surface area contributed by atoms with Crippen LogP contribution in [0.1, 0.15) is 7.43 Å². The molecule has 0 unspecified atom stereocenters. The third kappa shape index (κ3) is 3.62. The van der Waals surface area contributed by atoms with Crippen molar-refractivity contribution in [1.82, 2.24) is 0 Å². The number of hydrogen-bond acceptors (Lipinski definition) is 2. The predicted molar refractivity (Wildman–Crippen MR) is 50.2 cm³/mol. The molecule has 0 aliphatic carbocycles. The van der Waals surface area contributed by atoms with Crippen molar-refractivity contribution in [3.63, 3.8) is 0 Å². The van der Waals surface area contributed by atoms with Crippen LogP contribution in [-0.2, 0) is 0 Å². The summed E-state index contributed by atoms with van der Waals surface area (Å²) in [6.07, 6.45) is 0. The van der Waals surface area contributed by atoms with Crippen LogP contribution in [0, 0.1) is 10.1 Å². The Morgan fingerprint density at radius 2 is 1.64 bits per heavy atom. The summed E-state index contributed by atoms with van der Waals surface area (Å²) in [5.41, 5.74) is 0.137. The minimum Gasteiger partial charge on any atom is -0.258 e. The molecule has 1 aromatic rings. The number of hydrogen-bond donors (Lipinski definition) is 0. The summed E-state index contributed by atoms with van der Waals surface area (Å²) in [6.45, 7) is 0. The van der Waals surface area contributed by atoms with Gasteiger partial charge in [0.2, 0.25) is 0 Å². The van der Waals surface area contributed by atoms with Crippen LogP contribution in [0.15, 0.2) is 30.3 Å². The first kappa shape index (κ1) is 12.6. The molecule has 1 aromatic carbocycles. The molecule has 4 heteroatoms. The maximum absolute atomic E-state index is 10.0. The third-order valence-corrected chi connectivity index (χ3v) is 0.967. The molecule has 3 nitrogen and oxygen atoms in total. The van der Waals surface area contributed by atoms with Gasteiger partial charge in [-0.2, -0.15) is 13.5 Å². The number of nitro benzene ring substituents is 1. The lowest BCUT2D eigenvalue weighted by Crippen LogP contribution is -1.84. The van der Waals surface area contributed by atoms with Crippen LogP contribution >= 0.6 is 13.5 Å². The molecule has 0 bridgehead atoms. The van der Waals surface area contributed by atoms with E-state index in [1.165, 1.54) is 12.1 Å². The molecule has 0 amide bonds. The quantitative estimate of drug-likeness (QED) is 0.483. The van der Waals surface area contributed by atoms with Crippen molar-refractivity contribution < 1.29 is 4.92 Å². The van der Waals surface area contributed by atoms with Crippen LogP contribution in [0.25, 0.3) is 0 Å². The van der Waals surface area contributed by atoms with E-state index >= 15 is 0 Å². The summed E-state index contributed by atoms with van der Waals surface area (Å²) in [6, 6.07) is 7.93. The molecule has 0 aliphatic heterocycles. The molecule has 1 rings (SSSR count). The predicted octanol–water partition coefficient (Wildman–Crippen LogP) is 2.34. The molecule has 0 aliphatic rings. The van der Waals surface area contributed by atoms with Crippen molar-refractivity contribution in [2.24, 2.45) is 0 Å². The lowest BCUT2D eigenvalue weighted by Gasteiger charge is -1.85. The molecule has 0 saturated heterocycles. The first-order valence-electron chi connectivity index (χ1n) is 2.50. The van der Waals surface area contributed by atoms with Crippen LogP contribution in [0.2, 0.25) is 0 Å². The Balaban J connectivity index is 0. The monoisotopic (exact) mass is 173 g/mol. The van der Waals surface area contributed by atoms with Gasteiger partial charge in [-0.1, -0.05) is 25.6 Å². The second-order valence-corrected chi connectivity index (χ2v) is 1.59. The van der Waals surface area contributed by atoms with Gasteiger partial charge in [0.15, 0.2) is 0 Å². The fraction of sp³-hybridized carbons (Fsp3) is 0.143. The SMILES string of the molecule is C.O=[N+]([O-])c1ccccc1.S. The lowest BCUT2D eigenvalue weighted by molar-refractivity contribution is -0.384. The van der Waals surface area contributed by atoms with Gasteiger partial charge in [0, 0.05) is 12.1 Å². The Bertz CT molecular complexity index is 213. The average molecular weight is 173 g/mol. The Morgan fingerprint density at radius 3 is 1.91 bits per heavy atom. The van der Waals surface area contributed by atoms with Gasteiger partial charge < -0.3 is 0 Å². The highest BCUT2D eigenvalue weighted by Gasteiger charge is 1.98. The normalized spacial score (nSPS) is 7.27. The van der Waals surface area contributed by atoms with Crippen LogP contribution in [0.4, 0.5) is 5.69 Å². The Kier molecular flexibility index (Phi) is 6.58. The highest BCUT2D eigenvalue weighted by atomic mass is 32.1. The van der Waals surface area contributed by atoms with Crippen LogP contribution in [-0.4, -0.2) is 4.92 Å². The number of rotatable bonds is 1. The molecule has 0 saturated carbocycles. The van der Waals surface area contributed by atoms with Gasteiger partial charge in [0.1, 0.15) is 0 Å². The van der Waals surface area contributed by atoms with E-state index in [9.17, 15) is 10.1 Å². The van der Waals surface area contributed by atoms with Gasteiger partial charge in [0.05, 0.1) is 4.92 Å². The molecule has 11 heavy (non-hydrogen) atoms. The zero-order valence-corrected chi connectivity index (χ0v) is 6.15. The molecule has 0 atom stereocenters. The summed E-state index contributed by atoms with van der Waals surface area (Å²) >= 11 is 0. The van der Waals surface area contributed by atoms with Gasteiger partial charge >= 0.3 is 0 Å². The van der Waals surface area contributed by atoms with Crippen molar-refractivity contribution >= 4 is 19.2 Å². The molecule has 0 N–H and O–H groups in total. The minimum atomic E-state index is -0.417. The summed E-state index contributed by atoms with van der Waals surface area (Å²) in [4.78, 5) is 9.59. The van der Waals surface area contributed by atoms with Crippen LogP contribution in [0.5, 0.6) is 0 Å². The second kappa shape index (κ2) is 5.73. The van der Waals surface area contributed by atoms with Crippen molar-refractivity contribution in [2.45, 2.75) is 7.43 Å². The molecular formula is C7H11NO2S. The molecule has 62 valence electrons. The van der Waals surface area contributed by atoms with E-state index in [-0.39, 0.29) is 26.6 Å². The average Bonchev–Trinajstić information content (AvgIpc) is 1.90. The molecular weight excluding hydrogens is 162 g/mol. The molecule has 0 spiro atoms. The van der Waals surface area contributed by atoms with Gasteiger partial charge in [-0.25, -0.2) is 0 Å². The van der Waals surface area contributed by atoms with E-state index in [2.05, 4.69) is 0 Å². The van der Waals surface area contributed by atoms with E-state index in [1.807, 2.05) is 0 Å². The Morgan fingerprint density at radius 1 is 1.18 bits per heavy atom. The maximum atomic E-state index is 10.0. The van der Waals surface area contributed by atoms with E-state index in [0.717, 1.165) is 0 Å². The Labute approximate surface area is 72.6 Å². The van der Waals surface area contributed by atoms with Gasteiger partial charge in [0.25, 0.3) is 5.69 Å². The number of nitro groups is 1. The molecule has 0 heterocycles. The third-order valence-electron chi connectivity index (χ3n) is 0.967. The summed E-state index contributed by atoms with van der Waals surface area (Å²) < 4.78 is 0. The first-order valence-corrected chi connectivity index (χ1v) is 2.50. The fourth-order valence-corrected chi connectivity index (χ4v) is 0.550. The highest BCUT2D eigenvalue weighted by molar-refractivity contribution is 7.59. The summed E-state index contributed by atoms with van der Waals surface area (Å²) in [5, 5.41) is 10.0. The topological polar surface area (TPSA) is 43.1 Å². The van der Waals surface area contributed by atoms with Gasteiger partial charge in [-0.05, 0) is 0 Å². The number of para-hydroxylation sites is 1. The van der Waals surface area contributed by atoms with E-state index in [4.69, 9.17) is 0 Å². The maximum Gasteiger partial charge on any atom is 0.269 e. The van der Waals surface area contributed by atoms with Crippen molar-refractivity contribution in [3.05, 3.63) is 40.4 Å². The molecule has 0 radical (unpaired) electrons. The number of benzene rings is 1. The highest BCUT2D eigenvalue weighted by Crippen LogP contribution is 2.06. The minimum absolute atomic E-state index is 0. The van der Waals surface area contributed by atoms with Crippen molar-refractivity contribution in [1.29, 1.82) is 0 Å². The number of non-ortho nitro benzene ring substituents is 1. The zero-order chi connectivity index (χ0) is 6.69. The summed E-state index contributed by atoms with van der Waals surface area (Å²) in [7, 11) is 0. The van der Waals surface area contributed by atoms with E-state index < -0.39 is 4.92 Å². The van der Waals surface area contributed by atoms with Gasteiger partial charge in [-0.15, -0.1) is 0 Å². The summed E-state index contributed by atoms with van der Waals surface area (Å²) in [5.74, 6) is 0. The van der Waals surface area contributed by atoms with Gasteiger partial charge in [-0.3, -0.25) is 10.1 Å².